The van der Waals surface area contributed by atoms with Crippen LogP contribution < -0.4 is 10.1 Å². The summed E-state index contributed by atoms with van der Waals surface area (Å²) in [4.78, 5) is 67.2. The molecule has 4 aromatic carbocycles. The van der Waals surface area contributed by atoms with Crippen molar-refractivity contribution in [3.8, 4) is 50.4 Å². The summed E-state index contributed by atoms with van der Waals surface area (Å²) in [6.45, 7) is -3.43. The monoisotopic (exact) mass is 1500 g/mol. The smallest absolute Gasteiger partial charge is 0.317 e. The fourth-order valence-corrected chi connectivity index (χ4v) is 11.6. The summed E-state index contributed by atoms with van der Waals surface area (Å²) in [6.07, 6.45) is -0.502. The number of aromatic amines is 2. The van der Waals surface area contributed by atoms with E-state index in [-0.39, 0.29) is 58.1 Å². The molecule has 41 heteroatoms. The lowest BCUT2D eigenvalue weighted by molar-refractivity contribution is -0.140. The summed E-state index contributed by atoms with van der Waals surface area (Å²) in [5.74, 6) is -60.9. The van der Waals surface area contributed by atoms with Crippen LogP contribution in [0, 0.1) is 116 Å². The molecule has 0 saturated carbocycles. The summed E-state index contributed by atoms with van der Waals surface area (Å²) in [5, 5.41) is 39.1. The van der Waals surface area contributed by atoms with Crippen LogP contribution in [0.2, 0.25) is 0 Å². The number of aromatic nitrogens is 7. The Hall–Kier alpha value is -11.0. The van der Waals surface area contributed by atoms with Crippen LogP contribution in [0.15, 0.2) is 30.5 Å². The fourth-order valence-electron chi connectivity index (χ4n) is 11.6. The van der Waals surface area contributed by atoms with E-state index in [9.17, 15) is 52.1 Å². The number of nitrogens with zero attached hydrogens (tertiary/aromatic N) is 9. The van der Waals surface area contributed by atoms with E-state index in [0.717, 1.165) is 10.9 Å². The SMILES string of the molecule is O=C(O)CN1CCN(CC(=O)O)CCN(CC(=O)NCc2cn(CCOC3Oc4nc3c(-c3c(F)c(F)c(F)c(F)c3F)c3ccc([nH]3)c(-c3c(F)c(F)c(F)c(F)c3F)c3nc(c(-c5c(F)c(F)c(F)c(F)c5F)c5ccc([nH]5)c4-c4c(F)c(F)c(F)c(F)c4F)C=C3)nn2)CCN(CC(=O)O)CC1. The predicted octanol–water partition coefficient (Wildman–Crippen LogP) is 10.4. The second-order valence-corrected chi connectivity index (χ2v) is 23.2. The molecular weight excluding hydrogens is 1460 g/mol. The minimum Gasteiger partial charge on any atom is -0.480 e. The topological polar surface area (TPSA) is 260 Å². The number of amides is 1. The van der Waals surface area contributed by atoms with Crippen molar-refractivity contribution in [1.29, 1.82) is 0 Å². The zero-order valence-electron chi connectivity index (χ0n) is 52.6. The van der Waals surface area contributed by atoms with Crippen molar-refractivity contribution in [2.75, 3.05) is 85.1 Å². The average Bonchev–Trinajstić information content (AvgIpc) is 1.63. The Balaban J connectivity index is 1.05. The molecule has 3 aliphatic rings. The maximum Gasteiger partial charge on any atom is 0.317 e. The molecule has 105 heavy (non-hydrogen) atoms. The Bertz CT molecular complexity index is 4970. The lowest BCUT2D eigenvalue weighted by Gasteiger charge is -2.32. The number of hydrogen-bond acceptors (Lipinski definition) is 14. The van der Waals surface area contributed by atoms with Gasteiger partial charge in [-0.25, -0.2) is 102 Å². The minimum absolute atomic E-state index is 0.0244. The van der Waals surface area contributed by atoms with E-state index in [2.05, 4.69) is 35.6 Å². The summed E-state index contributed by atoms with van der Waals surface area (Å²) in [6, 6.07) is 2.10. The highest BCUT2D eigenvalue weighted by Gasteiger charge is 2.40. The minimum atomic E-state index is -2.84. The van der Waals surface area contributed by atoms with Crippen LogP contribution in [-0.4, -0.2) is 179 Å². The van der Waals surface area contributed by atoms with E-state index in [0.29, 0.717) is 36.4 Å². The molecule has 0 aliphatic carbocycles. The van der Waals surface area contributed by atoms with Crippen molar-refractivity contribution in [3.05, 3.63) is 170 Å². The van der Waals surface area contributed by atoms with Gasteiger partial charge in [-0.05, 0) is 36.4 Å². The highest BCUT2D eigenvalue weighted by Crippen LogP contribution is 2.48. The van der Waals surface area contributed by atoms with Gasteiger partial charge in [0.25, 0.3) is 0 Å². The number of ether oxygens (including phenoxy) is 2. The van der Waals surface area contributed by atoms with Crippen molar-refractivity contribution in [1.82, 2.24) is 59.8 Å². The van der Waals surface area contributed by atoms with E-state index in [1.54, 1.807) is 4.90 Å². The molecule has 11 rings (SSSR count). The maximum atomic E-state index is 16.7. The van der Waals surface area contributed by atoms with Gasteiger partial charge in [-0.3, -0.25) is 38.8 Å². The molecule has 8 bridgehead atoms. The van der Waals surface area contributed by atoms with E-state index in [1.807, 2.05) is 0 Å². The van der Waals surface area contributed by atoms with E-state index < -0.39 is 282 Å². The van der Waals surface area contributed by atoms with Crippen molar-refractivity contribution < 1.29 is 132 Å². The second-order valence-electron chi connectivity index (χ2n) is 23.2. The van der Waals surface area contributed by atoms with Gasteiger partial charge < -0.3 is 40.1 Å². The molecule has 0 spiro atoms. The number of aliphatic carboxylic acids is 3. The number of H-pyrrole nitrogens is 2. The largest absolute Gasteiger partial charge is 0.480 e. The van der Waals surface area contributed by atoms with Crippen LogP contribution in [0.3, 0.4) is 0 Å². The van der Waals surface area contributed by atoms with Gasteiger partial charge in [-0.1, -0.05) is 5.21 Å². The second kappa shape index (κ2) is 30.3. The normalized spacial score (nSPS) is 15.1. The highest BCUT2D eigenvalue weighted by atomic mass is 19.2. The van der Waals surface area contributed by atoms with Gasteiger partial charge in [-0.2, -0.15) is 0 Å². The molecule has 1 unspecified atom stereocenters. The number of carboxylic acids is 3. The van der Waals surface area contributed by atoms with Crippen LogP contribution in [0.25, 0.3) is 78.7 Å². The summed E-state index contributed by atoms with van der Waals surface area (Å²) < 4.78 is 327. The van der Waals surface area contributed by atoms with E-state index in [1.165, 1.54) is 14.7 Å². The van der Waals surface area contributed by atoms with Crippen molar-refractivity contribution >= 4 is 58.0 Å². The molecule has 1 amide bonds. The number of benzene rings is 4. The third-order valence-corrected chi connectivity index (χ3v) is 16.6. The van der Waals surface area contributed by atoms with Gasteiger partial charge in [0.15, 0.2) is 93.1 Å². The number of carbonyl (C=O) groups is 4. The third kappa shape index (κ3) is 14.8. The van der Waals surface area contributed by atoms with Gasteiger partial charge >= 0.3 is 17.9 Å². The van der Waals surface area contributed by atoms with Crippen LogP contribution in [0.5, 0.6) is 5.88 Å². The third-order valence-electron chi connectivity index (χ3n) is 16.6. The maximum absolute atomic E-state index is 16.7. The number of halogens is 20. The van der Waals surface area contributed by atoms with Gasteiger partial charge in [-0.15, -0.1) is 5.10 Å². The predicted molar refractivity (Wildman–Crippen MR) is 321 cm³/mol. The van der Waals surface area contributed by atoms with Crippen LogP contribution in [0.4, 0.5) is 87.8 Å². The number of carboxylic acid groups (broad SMARTS) is 3. The molecule has 1 atom stereocenters. The molecule has 554 valence electrons. The summed E-state index contributed by atoms with van der Waals surface area (Å²) >= 11 is 0. The first-order valence-corrected chi connectivity index (χ1v) is 30.3. The van der Waals surface area contributed by atoms with Crippen molar-refractivity contribution in [3.63, 3.8) is 0 Å². The van der Waals surface area contributed by atoms with Crippen LogP contribution in [0.1, 0.15) is 29.1 Å². The van der Waals surface area contributed by atoms with Gasteiger partial charge in [0, 0.05) is 85.6 Å². The fraction of sp³-hybridized carbons (Fsp3) is 0.250. The molecule has 8 aromatic rings. The molecule has 4 aromatic heterocycles. The van der Waals surface area contributed by atoms with Crippen molar-refractivity contribution in [2.45, 2.75) is 19.4 Å². The molecule has 1 fully saturated rings. The number of nitrogens with one attached hydrogen (secondary N) is 3. The molecule has 1 saturated heterocycles. The number of rotatable bonds is 18. The first kappa shape index (κ1) is 75.1. The molecule has 6 N–H and O–H groups in total. The lowest BCUT2D eigenvalue weighted by Crippen LogP contribution is -2.49. The Morgan fingerprint density at radius 2 is 0.743 bits per heavy atom. The number of fused-ring (bicyclic) bond motifs is 8. The Labute approximate surface area is 572 Å². The number of hydrogen-bond donors (Lipinski definition) is 6. The molecule has 3 aliphatic heterocycles. The first-order chi connectivity index (χ1) is 49.8. The van der Waals surface area contributed by atoms with Crippen molar-refractivity contribution in [2.24, 2.45) is 0 Å². The summed E-state index contributed by atoms with van der Waals surface area (Å²) in [5.41, 5.74) is -22.3. The zero-order chi connectivity index (χ0) is 76.1. The van der Waals surface area contributed by atoms with Gasteiger partial charge in [0.2, 0.25) is 41.3 Å². The number of carbonyl (C=O) groups excluding carboxylic acids is 1. The molecule has 7 heterocycles. The first-order valence-electron chi connectivity index (χ1n) is 30.3. The lowest BCUT2D eigenvalue weighted by atomic mass is 10.0. The highest BCUT2D eigenvalue weighted by molar-refractivity contribution is 5.98. The molecule has 21 nitrogen and oxygen atoms in total. The van der Waals surface area contributed by atoms with E-state index in [4.69, 9.17) is 9.47 Å². The summed E-state index contributed by atoms with van der Waals surface area (Å²) in [7, 11) is 0. The zero-order valence-corrected chi connectivity index (χ0v) is 52.6. The Morgan fingerprint density at radius 1 is 0.429 bits per heavy atom. The van der Waals surface area contributed by atoms with Crippen LogP contribution >= 0.6 is 0 Å². The Morgan fingerprint density at radius 3 is 1.10 bits per heavy atom. The van der Waals surface area contributed by atoms with E-state index >= 15 is 70.2 Å². The van der Waals surface area contributed by atoms with Gasteiger partial charge in [0.05, 0.1) is 96.8 Å². The van der Waals surface area contributed by atoms with Gasteiger partial charge in [0.1, 0.15) is 11.4 Å². The molecular formula is C64H44F20N12O9. The van der Waals surface area contributed by atoms with Crippen LogP contribution in [-0.2, 0) is 37.0 Å². The average molecular weight is 1510 g/mol. The Kier molecular flexibility index (Phi) is 21.7. The standard InChI is InChI=1S/C64H44F20N12O9/c65-42-38(43(66)51(74)58(81)50(42)73)34-24-1-2-25(86-24)35(39-44(67)52(75)59(82)53(76)45(39)68)27-4-6-29(88-27)37(41-48(71)56(79)61(84)57(80)49(41)72)63-89-62(36(28-5-3-26(34)87-28)40-46(69)54(77)60(83)55(78)47(40)70)64(105-63)104-16-15-96-18-23(90-91-96)17-85-30(97)19-92-7-9-93(20-31(98)99)11-13-95(22-33(102)103)14-12-94(10-8-92)21-32(100)101/h1-6,18,64,87-88H,7-17,19-22H2,(H,85,97)(H,98,99)(H,100,101)(H,102,103). The molecule has 0 radical (unpaired) electrons. The quantitative estimate of drug-likeness (QED) is 0.0265.